The monoisotopic (exact) mass is 264 g/mol. The lowest BCUT2D eigenvalue weighted by Crippen LogP contribution is -2.40. The molecule has 0 aliphatic heterocycles. The van der Waals surface area contributed by atoms with Gasteiger partial charge in [-0.2, -0.15) is 0 Å². The van der Waals surface area contributed by atoms with Crippen LogP contribution >= 0.6 is 11.6 Å². The van der Waals surface area contributed by atoms with Crippen molar-refractivity contribution in [1.82, 2.24) is 9.55 Å². The van der Waals surface area contributed by atoms with Gasteiger partial charge in [0.15, 0.2) is 0 Å². The Morgan fingerprint density at radius 3 is 2.56 bits per heavy atom. The highest BCUT2D eigenvalue weighted by Crippen LogP contribution is 2.06. The fourth-order valence-electron chi connectivity index (χ4n) is 1.43. The third kappa shape index (κ3) is 2.62. The summed E-state index contributed by atoms with van der Waals surface area (Å²) in [5.74, 6) is 0.254. The van der Waals surface area contributed by atoms with Gasteiger partial charge in [0.2, 0.25) is 0 Å². The number of nitrogens with zero attached hydrogens (tertiary/aromatic N) is 1. The second-order valence-electron chi connectivity index (χ2n) is 3.63. The Balaban J connectivity index is 3.35. The summed E-state index contributed by atoms with van der Waals surface area (Å²) >= 11 is 5.67. The summed E-state index contributed by atoms with van der Waals surface area (Å²) in [5, 5.41) is 0.0519. The zero-order valence-corrected chi connectivity index (χ0v) is 10.8. The zero-order chi connectivity index (χ0) is 12.5. The molecule has 5 nitrogen and oxygen atoms in total. The summed E-state index contributed by atoms with van der Waals surface area (Å²) in [7, 11) is -1.07. The first-order valence-corrected chi connectivity index (χ1v) is 6.76. The van der Waals surface area contributed by atoms with E-state index in [-0.39, 0.29) is 16.5 Å². The van der Waals surface area contributed by atoms with Gasteiger partial charge in [-0.25, -0.2) is 4.79 Å². The lowest BCUT2D eigenvalue weighted by Gasteiger charge is -2.13. The van der Waals surface area contributed by atoms with E-state index in [0.717, 1.165) is 4.57 Å². The SMILES string of the molecule is Cc1c(Cl)[nH]c(=O)n(C(C)CS(C)=O)c1=O. The van der Waals surface area contributed by atoms with Crippen LogP contribution in [0.25, 0.3) is 0 Å². The molecule has 7 heteroatoms. The van der Waals surface area contributed by atoms with Gasteiger partial charge in [-0.3, -0.25) is 18.6 Å². The molecule has 1 heterocycles. The number of H-pyrrole nitrogens is 1. The molecule has 16 heavy (non-hydrogen) atoms. The number of hydrogen-bond donors (Lipinski definition) is 1. The molecule has 1 aromatic heterocycles. The standard InChI is InChI=1S/C9H13ClN2O3S/c1-5(4-16(3)15)12-8(13)6(2)7(10)11-9(12)14/h5H,4H2,1-3H3,(H,11,14). The molecule has 2 atom stereocenters. The lowest BCUT2D eigenvalue weighted by atomic mass is 10.3. The van der Waals surface area contributed by atoms with Gasteiger partial charge < -0.3 is 0 Å². The summed E-state index contributed by atoms with van der Waals surface area (Å²) in [6.07, 6.45) is 1.53. The third-order valence-electron chi connectivity index (χ3n) is 2.22. The molecule has 0 radical (unpaired) electrons. The van der Waals surface area contributed by atoms with E-state index < -0.39 is 28.1 Å². The summed E-state index contributed by atoms with van der Waals surface area (Å²) in [6.45, 7) is 3.21. The number of halogens is 1. The predicted octanol–water partition coefficient (Wildman–Crippen LogP) is 0.438. The molecular formula is C9H13ClN2O3S. The van der Waals surface area contributed by atoms with Crippen LogP contribution in [0.1, 0.15) is 18.5 Å². The van der Waals surface area contributed by atoms with Crippen molar-refractivity contribution in [3.05, 3.63) is 31.6 Å². The normalized spacial score (nSPS) is 14.8. The van der Waals surface area contributed by atoms with Crippen LogP contribution < -0.4 is 11.2 Å². The van der Waals surface area contributed by atoms with Crippen molar-refractivity contribution in [2.45, 2.75) is 19.9 Å². The Hall–Kier alpha value is -0.880. The molecule has 90 valence electrons. The summed E-state index contributed by atoms with van der Waals surface area (Å²) in [5.41, 5.74) is -0.722. The Morgan fingerprint density at radius 1 is 1.50 bits per heavy atom. The molecule has 0 saturated heterocycles. The minimum atomic E-state index is -1.07. The molecule has 0 saturated carbocycles. The Bertz CT molecular complexity index is 535. The van der Waals surface area contributed by atoms with E-state index in [0.29, 0.717) is 0 Å². The van der Waals surface area contributed by atoms with E-state index in [4.69, 9.17) is 11.6 Å². The number of nitrogens with one attached hydrogen (secondary N) is 1. The Kier molecular flexibility index (Phi) is 4.09. The van der Waals surface area contributed by atoms with Crippen molar-refractivity contribution in [2.75, 3.05) is 12.0 Å². The van der Waals surface area contributed by atoms with E-state index in [1.165, 1.54) is 13.2 Å². The zero-order valence-electron chi connectivity index (χ0n) is 9.24. The van der Waals surface area contributed by atoms with E-state index >= 15 is 0 Å². The molecule has 2 unspecified atom stereocenters. The fraction of sp³-hybridized carbons (Fsp3) is 0.556. The van der Waals surface area contributed by atoms with Crippen LogP contribution in [-0.4, -0.2) is 25.8 Å². The average Bonchev–Trinajstić information content (AvgIpc) is 2.13. The largest absolute Gasteiger partial charge is 0.329 e. The number of rotatable bonds is 3. The van der Waals surface area contributed by atoms with Crippen LogP contribution in [0.4, 0.5) is 0 Å². The van der Waals surface area contributed by atoms with Crippen LogP contribution in [0.15, 0.2) is 9.59 Å². The molecule has 0 aromatic carbocycles. The topological polar surface area (TPSA) is 71.9 Å². The third-order valence-corrected chi connectivity index (χ3v) is 3.55. The Labute approximate surface area is 99.9 Å². The van der Waals surface area contributed by atoms with Crippen molar-refractivity contribution in [2.24, 2.45) is 0 Å². The highest BCUT2D eigenvalue weighted by Gasteiger charge is 2.15. The number of aromatic amines is 1. The van der Waals surface area contributed by atoms with Crippen LogP contribution in [0.3, 0.4) is 0 Å². The minimum Gasteiger partial charge on any atom is -0.297 e. The first kappa shape index (κ1) is 13.2. The van der Waals surface area contributed by atoms with Crippen LogP contribution in [0, 0.1) is 6.92 Å². The molecule has 0 amide bonds. The van der Waals surface area contributed by atoms with Gasteiger partial charge in [-0.15, -0.1) is 0 Å². The van der Waals surface area contributed by atoms with Gasteiger partial charge in [0.05, 0.1) is 6.04 Å². The van der Waals surface area contributed by atoms with E-state index in [9.17, 15) is 13.8 Å². The second kappa shape index (κ2) is 4.97. The van der Waals surface area contributed by atoms with E-state index in [2.05, 4.69) is 4.98 Å². The predicted molar refractivity (Wildman–Crippen MR) is 64.7 cm³/mol. The van der Waals surface area contributed by atoms with Crippen LogP contribution in [0.2, 0.25) is 5.15 Å². The lowest BCUT2D eigenvalue weighted by molar-refractivity contribution is 0.544. The second-order valence-corrected chi connectivity index (χ2v) is 5.49. The molecule has 1 N–H and O–H groups in total. The molecular weight excluding hydrogens is 252 g/mol. The molecule has 0 fully saturated rings. The highest BCUT2D eigenvalue weighted by atomic mass is 35.5. The first-order chi connectivity index (χ1) is 7.34. The maximum absolute atomic E-state index is 11.8. The molecule has 0 spiro atoms. The van der Waals surface area contributed by atoms with Crippen molar-refractivity contribution in [1.29, 1.82) is 0 Å². The minimum absolute atomic E-state index is 0.0519. The molecule has 0 aliphatic rings. The number of hydrogen-bond acceptors (Lipinski definition) is 3. The van der Waals surface area contributed by atoms with Crippen molar-refractivity contribution in [3.8, 4) is 0 Å². The summed E-state index contributed by atoms with van der Waals surface area (Å²) < 4.78 is 12.1. The quantitative estimate of drug-likeness (QED) is 0.805. The van der Waals surface area contributed by atoms with Gasteiger partial charge in [-0.1, -0.05) is 11.6 Å². The maximum atomic E-state index is 11.8. The first-order valence-electron chi connectivity index (χ1n) is 4.65. The van der Waals surface area contributed by atoms with Gasteiger partial charge in [0, 0.05) is 28.4 Å². The van der Waals surface area contributed by atoms with Gasteiger partial charge in [-0.05, 0) is 13.8 Å². The van der Waals surface area contributed by atoms with Crippen LogP contribution in [0.5, 0.6) is 0 Å². The molecule has 0 aliphatic carbocycles. The summed E-state index contributed by atoms with van der Waals surface area (Å²) in [6, 6.07) is -0.418. The number of aromatic nitrogens is 2. The van der Waals surface area contributed by atoms with Gasteiger partial charge in [0.1, 0.15) is 5.15 Å². The average molecular weight is 265 g/mol. The van der Waals surface area contributed by atoms with E-state index in [1.807, 2.05) is 0 Å². The highest BCUT2D eigenvalue weighted by molar-refractivity contribution is 7.84. The van der Waals surface area contributed by atoms with E-state index in [1.54, 1.807) is 6.92 Å². The Morgan fingerprint density at radius 2 is 2.06 bits per heavy atom. The summed E-state index contributed by atoms with van der Waals surface area (Å²) in [4.78, 5) is 25.7. The van der Waals surface area contributed by atoms with Gasteiger partial charge in [0.25, 0.3) is 5.56 Å². The van der Waals surface area contributed by atoms with Crippen molar-refractivity contribution >= 4 is 22.4 Å². The van der Waals surface area contributed by atoms with Gasteiger partial charge >= 0.3 is 5.69 Å². The molecule has 0 bridgehead atoms. The molecule has 1 aromatic rings. The van der Waals surface area contributed by atoms with Crippen molar-refractivity contribution in [3.63, 3.8) is 0 Å². The smallest absolute Gasteiger partial charge is 0.297 e. The van der Waals surface area contributed by atoms with Crippen LogP contribution in [-0.2, 0) is 10.8 Å². The molecule has 1 rings (SSSR count). The fourth-order valence-corrected chi connectivity index (χ4v) is 2.42. The van der Waals surface area contributed by atoms with Crippen molar-refractivity contribution < 1.29 is 4.21 Å². The maximum Gasteiger partial charge on any atom is 0.329 e.